The minimum absolute atomic E-state index is 0.182. The SMILES string of the molecule is C=C(CNC(C)(C)C)CN(C)C1CCC(C)CC1. The van der Waals surface area contributed by atoms with Crippen LogP contribution in [-0.4, -0.2) is 36.6 Å². The third-order valence-electron chi connectivity index (χ3n) is 3.95. The highest BCUT2D eigenvalue weighted by Gasteiger charge is 2.21. The van der Waals surface area contributed by atoms with Crippen molar-refractivity contribution in [1.82, 2.24) is 10.2 Å². The Morgan fingerprint density at radius 1 is 1.22 bits per heavy atom. The molecule has 1 N–H and O–H groups in total. The van der Waals surface area contributed by atoms with Crippen molar-refractivity contribution >= 4 is 0 Å². The van der Waals surface area contributed by atoms with E-state index in [0.29, 0.717) is 0 Å². The van der Waals surface area contributed by atoms with Crippen molar-refractivity contribution in [3.8, 4) is 0 Å². The summed E-state index contributed by atoms with van der Waals surface area (Å²) in [6.45, 7) is 15.1. The lowest BCUT2D eigenvalue weighted by Crippen LogP contribution is -2.40. The average Bonchev–Trinajstić information content (AvgIpc) is 2.26. The van der Waals surface area contributed by atoms with Crippen LogP contribution in [0.15, 0.2) is 12.2 Å². The van der Waals surface area contributed by atoms with Gasteiger partial charge in [0, 0.05) is 24.7 Å². The minimum Gasteiger partial charge on any atom is -0.308 e. The van der Waals surface area contributed by atoms with E-state index in [1.807, 2.05) is 0 Å². The molecule has 0 saturated heterocycles. The highest BCUT2D eigenvalue weighted by Crippen LogP contribution is 2.26. The molecule has 1 saturated carbocycles. The van der Waals surface area contributed by atoms with Gasteiger partial charge in [-0.3, -0.25) is 4.90 Å². The van der Waals surface area contributed by atoms with E-state index in [-0.39, 0.29) is 5.54 Å². The number of hydrogen-bond acceptors (Lipinski definition) is 2. The molecule has 0 aromatic rings. The second-order valence-corrected chi connectivity index (χ2v) is 7.18. The van der Waals surface area contributed by atoms with Gasteiger partial charge in [0.1, 0.15) is 0 Å². The monoisotopic (exact) mass is 252 g/mol. The van der Waals surface area contributed by atoms with Gasteiger partial charge in [-0.15, -0.1) is 0 Å². The number of rotatable bonds is 5. The van der Waals surface area contributed by atoms with E-state index in [4.69, 9.17) is 0 Å². The zero-order chi connectivity index (χ0) is 13.8. The van der Waals surface area contributed by atoms with Crippen LogP contribution in [0.2, 0.25) is 0 Å². The number of nitrogens with zero attached hydrogens (tertiary/aromatic N) is 1. The summed E-state index contributed by atoms with van der Waals surface area (Å²) in [6.07, 6.45) is 5.50. The normalized spacial score (nSPS) is 25.4. The van der Waals surface area contributed by atoms with Crippen LogP contribution in [-0.2, 0) is 0 Å². The lowest BCUT2D eigenvalue weighted by Gasteiger charge is -2.34. The van der Waals surface area contributed by atoms with E-state index in [1.54, 1.807) is 0 Å². The first-order valence-corrected chi connectivity index (χ1v) is 7.40. The fourth-order valence-electron chi connectivity index (χ4n) is 2.61. The Hall–Kier alpha value is -0.340. The van der Waals surface area contributed by atoms with Crippen LogP contribution in [0.4, 0.5) is 0 Å². The molecule has 0 unspecified atom stereocenters. The minimum atomic E-state index is 0.182. The van der Waals surface area contributed by atoms with Crippen molar-refractivity contribution in [2.24, 2.45) is 5.92 Å². The Kier molecular flexibility index (Phi) is 5.87. The first-order valence-electron chi connectivity index (χ1n) is 7.40. The van der Waals surface area contributed by atoms with Crippen LogP contribution >= 0.6 is 0 Å². The number of hydrogen-bond donors (Lipinski definition) is 1. The second kappa shape index (κ2) is 6.72. The quantitative estimate of drug-likeness (QED) is 0.754. The lowest BCUT2D eigenvalue weighted by atomic mass is 9.86. The van der Waals surface area contributed by atoms with Crippen molar-refractivity contribution in [1.29, 1.82) is 0 Å². The van der Waals surface area contributed by atoms with E-state index < -0.39 is 0 Å². The third-order valence-corrected chi connectivity index (χ3v) is 3.95. The molecule has 0 aliphatic heterocycles. The Labute approximate surface area is 114 Å². The zero-order valence-corrected chi connectivity index (χ0v) is 13.1. The summed E-state index contributed by atoms with van der Waals surface area (Å²) in [6, 6.07) is 0.771. The van der Waals surface area contributed by atoms with Crippen LogP contribution in [0.5, 0.6) is 0 Å². The van der Waals surface area contributed by atoms with Crippen LogP contribution in [0.25, 0.3) is 0 Å². The topological polar surface area (TPSA) is 15.3 Å². The van der Waals surface area contributed by atoms with Crippen molar-refractivity contribution in [2.75, 3.05) is 20.1 Å². The van der Waals surface area contributed by atoms with Crippen molar-refractivity contribution in [2.45, 2.75) is 65.0 Å². The third kappa shape index (κ3) is 6.01. The van der Waals surface area contributed by atoms with Crippen LogP contribution in [0.3, 0.4) is 0 Å². The van der Waals surface area contributed by atoms with Crippen LogP contribution in [0, 0.1) is 5.92 Å². The van der Waals surface area contributed by atoms with Crippen LogP contribution in [0.1, 0.15) is 53.4 Å². The predicted molar refractivity (Wildman–Crippen MR) is 80.9 cm³/mol. The molecular weight excluding hydrogens is 220 g/mol. The first kappa shape index (κ1) is 15.7. The Morgan fingerprint density at radius 3 is 2.28 bits per heavy atom. The molecule has 0 radical (unpaired) electrons. The maximum Gasteiger partial charge on any atom is 0.0202 e. The summed E-state index contributed by atoms with van der Waals surface area (Å²) in [5, 5.41) is 3.51. The smallest absolute Gasteiger partial charge is 0.0202 e. The van der Waals surface area contributed by atoms with Gasteiger partial charge in [-0.1, -0.05) is 13.5 Å². The summed E-state index contributed by atoms with van der Waals surface area (Å²) in [4.78, 5) is 2.50. The Morgan fingerprint density at radius 2 is 1.78 bits per heavy atom. The molecule has 1 aliphatic rings. The predicted octanol–water partition coefficient (Wildman–Crippen LogP) is 3.44. The summed E-state index contributed by atoms with van der Waals surface area (Å²) in [5.41, 5.74) is 1.48. The van der Waals surface area contributed by atoms with Gasteiger partial charge in [-0.25, -0.2) is 0 Å². The van der Waals surface area contributed by atoms with Gasteiger partial charge in [-0.2, -0.15) is 0 Å². The summed E-state index contributed by atoms with van der Waals surface area (Å²) >= 11 is 0. The molecule has 0 heterocycles. The van der Waals surface area contributed by atoms with Gasteiger partial charge >= 0.3 is 0 Å². The van der Waals surface area contributed by atoms with E-state index in [1.165, 1.54) is 31.3 Å². The Bertz CT molecular complexity index is 257. The summed E-state index contributed by atoms with van der Waals surface area (Å²) in [7, 11) is 2.25. The van der Waals surface area contributed by atoms with Crippen molar-refractivity contribution < 1.29 is 0 Å². The van der Waals surface area contributed by atoms with Crippen molar-refractivity contribution in [3.05, 3.63) is 12.2 Å². The maximum atomic E-state index is 4.20. The summed E-state index contributed by atoms with van der Waals surface area (Å²) < 4.78 is 0. The number of likely N-dealkylation sites (N-methyl/N-ethyl adjacent to an activating group) is 1. The molecular formula is C16H32N2. The largest absolute Gasteiger partial charge is 0.308 e. The lowest BCUT2D eigenvalue weighted by molar-refractivity contribution is 0.180. The standard InChI is InChI=1S/C16H32N2/c1-13-7-9-15(10-8-13)18(6)12-14(2)11-17-16(3,4)5/h13,15,17H,2,7-12H2,1,3-6H3. The fourth-order valence-corrected chi connectivity index (χ4v) is 2.61. The molecule has 18 heavy (non-hydrogen) atoms. The van der Waals surface area contributed by atoms with E-state index in [0.717, 1.165) is 25.0 Å². The molecule has 0 aromatic heterocycles. The average molecular weight is 252 g/mol. The molecule has 0 amide bonds. The van der Waals surface area contributed by atoms with Gasteiger partial charge < -0.3 is 5.32 Å². The fraction of sp³-hybridized carbons (Fsp3) is 0.875. The zero-order valence-electron chi connectivity index (χ0n) is 13.1. The maximum absolute atomic E-state index is 4.20. The van der Waals surface area contributed by atoms with E-state index in [2.05, 4.69) is 51.5 Å². The molecule has 0 bridgehead atoms. The molecule has 1 rings (SSSR count). The molecule has 1 aliphatic carbocycles. The molecule has 0 aromatic carbocycles. The molecule has 1 fully saturated rings. The Balaban J connectivity index is 2.27. The van der Waals surface area contributed by atoms with Gasteiger partial charge in [0.15, 0.2) is 0 Å². The molecule has 0 spiro atoms. The van der Waals surface area contributed by atoms with Gasteiger partial charge in [0.25, 0.3) is 0 Å². The van der Waals surface area contributed by atoms with E-state index >= 15 is 0 Å². The molecule has 2 heteroatoms. The second-order valence-electron chi connectivity index (χ2n) is 7.18. The van der Waals surface area contributed by atoms with Gasteiger partial charge in [-0.05, 0) is 65.0 Å². The molecule has 2 nitrogen and oxygen atoms in total. The van der Waals surface area contributed by atoms with E-state index in [9.17, 15) is 0 Å². The van der Waals surface area contributed by atoms with Crippen molar-refractivity contribution in [3.63, 3.8) is 0 Å². The summed E-state index contributed by atoms with van der Waals surface area (Å²) in [5.74, 6) is 0.931. The van der Waals surface area contributed by atoms with Gasteiger partial charge in [0.2, 0.25) is 0 Å². The van der Waals surface area contributed by atoms with Gasteiger partial charge in [0.05, 0.1) is 0 Å². The molecule has 0 atom stereocenters. The number of nitrogens with one attached hydrogen (secondary N) is 1. The molecule has 106 valence electrons. The van der Waals surface area contributed by atoms with Crippen LogP contribution < -0.4 is 5.32 Å². The highest BCUT2D eigenvalue weighted by atomic mass is 15.1. The highest BCUT2D eigenvalue weighted by molar-refractivity contribution is 5.01. The first-order chi connectivity index (χ1) is 8.28.